The summed E-state index contributed by atoms with van der Waals surface area (Å²) in [6.07, 6.45) is 1.66. The Hall–Kier alpha value is -4.74. The van der Waals surface area contributed by atoms with Crippen molar-refractivity contribution < 1.29 is 18.3 Å². The number of carbonyl (C=O) groups is 1. The maximum Gasteiger partial charge on any atom is 0.255 e. The number of aromatic nitrogens is 3. The Balaban J connectivity index is 1.38. The summed E-state index contributed by atoms with van der Waals surface area (Å²) in [7, 11) is 3.98. The van der Waals surface area contributed by atoms with Crippen LogP contribution in [0.25, 0.3) is 21.8 Å². The van der Waals surface area contributed by atoms with Gasteiger partial charge in [-0.25, -0.2) is 23.7 Å². The zero-order valence-corrected chi connectivity index (χ0v) is 24.0. The first-order chi connectivity index (χ1) is 20.3. The van der Waals surface area contributed by atoms with E-state index in [1.54, 1.807) is 30.5 Å². The minimum atomic E-state index is -0.853. The van der Waals surface area contributed by atoms with Gasteiger partial charge in [-0.2, -0.15) is 0 Å². The quantitative estimate of drug-likeness (QED) is 0.186. The van der Waals surface area contributed by atoms with Gasteiger partial charge in [0.15, 0.2) is 0 Å². The molecular formula is C31H28F2N6O2S. The molecule has 0 saturated heterocycles. The number of likely N-dealkylation sites (N-methyl/N-ethyl adjacent to an activating group) is 1. The normalized spacial score (nSPS) is 11.0. The Morgan fingerprint density at radius 1 is 0.976 bits per heavy atom. The van der Waals surface area contributed by atoms with E-state index in [4.69, 9.17) is 14.7 Å². The van der Waals surface area contributed by atoms with Crippen molar-refractivity contribution >= 4 is 34.6 Å². The van der Waals surface area contributed by atoms with E-state index in [1.807, 2.05) is 51.4 Å². The second-order valence-corrected chi connectivity index (χ2v) is 10.8. The van der Waals surface area contributed by atoms with Crippen LogP contribution in [0.15, 0.2) is 79.0 Å². The standard InChI is InChI=1S/C31H28F2N6O2S/c1-19-35-27(20-7-4-8-21(17-20)30(40)38-28-24(32)11-6-12-25(28)33)29(42-19)26-13-14-34-31(37-26)36-22-9-5-10-23(18-22)41-16-15-39(2)3/h4-14,17-18H,15-16H2,1-3H3,(H,38,40)(H,34,36,37). The molecule has 0 spiro atoms. The maximum atomic E-state index is 14.1. The van der Waals surface area contributed by atoms with E-state index in [0.717, 1.165) is 40.0 Å². The molecule has 1 amide bonds. The lowest BCUT2D eigenvalue weighted by atomic mass is 10.1. The monoisotopic (exact) mass is 586 g/mol. The number of anilines is 3. The molecule has 0 aliphatic rings. The molecule has 5 rings (SSSR count). The predicted molar refractivity (Wildman–Crippen MR) is 161 cm³/mol. The van der Waals surface area contributed by atoms with E-state index in [2.05, 4.69) is 20.5 Å². The van der Waals surface area contributed by atoms with E-state index in [1.165, 1.54) is 17.4 Å². The summed E-state index contributed by atoms with van der Waals surface area (Å²) < 4.78 is 34.0. The van der Waals surface area contributed by atoms with Gasteiger partial charge >= 0.3 is 0 Å². The van der Waals surface area contributed by atoms with Crippen molar-refractivity contribution in [1.82, 2.24) is 19.9 Å². The molecule has 2 heterocycles. The van der Waals surface area contributed by atoms with Crippen molar-refractivity contribution in [2.24, 2.45) is 0 Å². The van der Waals surface area contributed by atoms with Gasteiger partial charge in [-0.1, -0.05) is 24.3 Å². The van der Waals surface area contributed by atoms with E-state index < -0.39 is 23.2 Å². The number of hydrogen-bond acceptors (Lipinski definition) is 8. The molecule has 2 aromatic heterocycles. The number of halogens is 2. The molecule has 0 atom stereocenters. The van der Waals surface area contributed by atoms with Crippen molar-refractivity contribution in [1.29, 1.82) is 0 Å². The van der Waals surface area contributed by atoms with Crippen LogP contribution in [0.1, 0.15) is 15.4 Å². The number of aryl methyl sites for hydroxylation is 1. The molecule has 0 unspecified atom stereocenters. The third-order valence-electron chi connectivity index (χ3n) is 6.12. The van der Waals surface area contributed by atoms with Crippen molar-refractivity contribution in [3.63, 3.8) is 0 Å². The van der Waals surface area contributed by atoms with Gasteiger partial charge in [0.2, 0.25) is 5.95 Å². The molecule has 0 fully saturated rings. The van der Waals surface area contributed by atoms with Crippen LogP contribution in [-0.2, 0) is 0 Å². The highest BCUT2D eigenvalue weighted by molar-refractivity contribution is 7.15. The minimum Gasteiger partial charge on any atom is -0.492 e. The van der Waals surface area contributed by atoms with Crippen LogP contribution in [0, 0.1) is 18.6 Å². The first kappa shape index (κ1) is 28.8. The third-order valence-corrected chi connectivity index (χ3v) is 7.11. The molecule has 0 saturated carbocycles. The zero-order valence-electron chi connectivity index (χ0n) is 23.2. The lowest BCUT2D eigenvalue weighted by molar-refractivity contribution is 0.102. The molecule has 11 heteroatoms. The molecule has 3 aromatic carbocycles. The van der Waals surface area contributed by atoms with E-state index >= 15 is 0 Å². The van der Waals surface area contributed by atoms with Gasteiger partial charge in [-0.05, 0) is 63.5 Å². The Bertz CT molecular complexity index is 1710. The number of hydrogen-bond donors (Lipinski definition) is 2. The van der Waals surface area contributed by atoms with Crippen LogP contribution in [0.4, 0.5) is 26.1 Å². The SMILES string of the molecule is Cc1nc(-c2cccc(C(=O)Nc3c(F)cccc3F)c2)c(-c2ccnc(Nc3cccc(OCCN(C)C)c3)n2)s1. The number of amides is 1. The van der Waals surface area contributed by atoms with Crippen LogP contribution in [-0.4, -0.2) is 53.0 Å². The molecular weight excluding hydrogens is 558 g/mol. The number of ether oxygens (including phenoxy) is 1. The van der Waals surface area contributed by atoms with Crippen molar-refractivity contribution in [2.75, 3.05) is 37.9 Å². The summed E-state index contributed by atoms with van der Waals surface area (Å²) in [5.74, 6) is -1.21. The van der Waals surface area contributed by atoms with Gasteiger partial charge in [0.25, 0.3) is 5.91 Å². The van der Waals surface area contributed by atoms with Gasteiger partial charge in [0, 0.05) is 35.6 Å². The molecule has 42 heavy (non-hydrogen) atoms. The first-order valence-electron chi connectivity index (χ1n) is 13.1. The van der Waals surface area contributed by atoms with Crippen molar-refractivity contribution in [2.45, 2.75) is 6.92 Å². The summed E-state index contributed by atoms with van der Waals surface area (Å²) in [6, 6.07) is 19.5. The van der Waals surface area contributed by atoms with E-state index in [0.29, 0.717) is 29.5 Å². The predicted octanol–water partition coefficient (Wildman–Crippen LogP) is 6.79. The summed E-state index contributed by atoms with van der Waals surface area (Å²) in [5, 5.41) is 6.37. The second kappa shape index (κ2) is 12.8. The van der Waals surface area contributed by atoms with Gasteiger partial charge in [-0.3, -0.25) is 4.79 Å². The second-order valence-electron chi connectivity index (χ2n) is 9.61. The van der Waals surface area contributed by atoms with Crippen LogP contribution in [0.2, 0.25) is 0 Å². The van der Waals surface area contributed by atoms with Crippen LogP contribution in [0.5, 0.6) is 5.75 Å². The van der Waals surface area contributed by atoms with Gasteiger partial charge in [0.05, 0.1) is 21.3 Å². The fourth-order valence-corrected chi connectivity index (χ4v) is 5.00. The van der Waals surface area contributed by atoms with Crippen molar-refractivity contribution in [3.05, 3.63) is 101 Å². The van der Waals surface area contributed by atoms with Gasteiger partial charge in [0.1, 0.15) is 29.7 Å². The Labute approximate surface area is 246 Å². The summed E-state index contributed by atoms with van der Waals surface area (Å²) in [6.45, 7) is 3.26. The summed E-state index contributed by atoms with van der Waals surface area (Å²) in [4.78, 5) is 29.5. The molecule has 0 bridgehead atoms. The Morgan fingerprint density at radius 2 is 1.74 bits per heavy atom. The molecule has 0 aliphatic carbocycles. The molecule has 8 nitrogen and oxygen atoms in total. The number of para-hydroxylation sites is 1. The molecule has 0 radical (unpaired) electrons. The highest BCUT2D eigenvalue weighted by Crippen LogP contribution is 2.36. The Morgan fingerprint density at radius 3 is 2.52 bits per heavy atom. The minimum absolute atomic E-state index is 0.226. The molecule has 5 aromatic rings. The summed E-state index contributed by atoms with van der Waals surface area (Å²) in [5.41, 5.74) is 2.45. The lowest BCUT2D eigenvalue weighted by Crippen LogP contribution is -2.19. The van der Waals surface area contributed by atoms with Crippen LogP contribution in [0.3, 0.4) is 0 Å². The number of benzene rings is 3. The molecule has 0 aliphatic heterocycles. The van der Waals surface area contributed by atoms with Gasteiger partial charge in [-0.15, -0.1) is 11.3 Å². The molecule has 2 N–H and O–H groups in total. The fourth-order valence-electron chi connectivity index (χ4n) is 4.09. The molecule has 214 valence electrons. The first-order valence-corrected chi connectivity index (χ1v) is 13.9. The summed E-state index contributed by atoms with van der Waals surface area (Å²) >= 11 is 1.46. The third kappa shape index (κ3) is 6.93. The fraction of sp³-hybridized carbons (Fsp3) is 0.161. The zero-order chi connectivity index (χ0) is 29.6. The van der Waals surface area contributed by atoms with E-state index in [-0.39, 0.29) is 5.56 Å². The highest BCUT2D eigenvalue weighted by Gasteiger charge is 2.18. The number of carbonyl (C=O) groups excluding carboxylic acids is 1. The average Bonchev–Trinajstić information content (AvgIpc) is 3.37. The Kier molecular flexibility index (Phi) is 8.80. The number of nitrogens with zero attached hydrogens (tertiary/aromatic N) is 4. The largest absolute Gasteiger partial charge is 0.492 e. The number of nitrogens with one attached hydrogen (secondary N) is 2. The van der Waals surface area contributed by atoms with Crippen LogP contribution < -0.4 is 15.4 Å². The van der Waals surface area contributed by atoms with Crippen LogP contribution >= 0.6 is 11.3 Å². The van der Waals surface area contributed by atoms with Crippen molar-refractivity contribution in [3.8, 4) is 27.6 Å². The maximum absolute atomic E-state index is 14.1. The number of rotatable bonds is 10. The highest BCUT2D eigenvalue weighted by atomic mass is 32.1. The average molecular weight is 587 g/mol. The topological polar surface area (TPSA) is 92.3 Å². The number of thiazole rings is 1. The van der Waals surface area contributed by atoms with E-state index in [9.17, 15) is 13.6 Å². The lowest BCUT2D eigenvalue weighted by Gasteiger charge is -2.12. The van der Waals surface area contributed by atoms with Gasteiger partial charge < -0.3 is 20.3 Å². The smallest absolute Gasteiger partial charge is 0.255 e.